The summed E-state index contributed by atoms with van der Waals surface area (Å²) in [7, 11) is 1.59. The predicted molar refractivity (Wildman–Crippen MR) is 121 cm³/mol. The molecule has 170 valence electrons. The number of rotatable bonds is 9. The van der Waals surface area contributed by atoms with Crippen molar-refractivity contribution in [2.24, 2.45) is 5.92 Å². The molecule has 0 bridgehead atoms. The molecule has 2 heterocycles. The number of aliphatic hydroxyl groups is 1. The summed E-state index contributed by atoms with van der Waals surface area (Å²) in [6, 6.07) is 8.07. The molecule has 1 aromatic heterocycles. The highest BCUT2D eigenvalue weighted by molar-refractivity contribution is 6.46. The molecular weight excluding hydrogens is 408 g/mol. The number of pyridine rings is 1. The maximum atomic E-state index is 13.0. The second-order valence-electron chi connectivity index (χ2n) is 8.30. The van der Waals surface area contributed by atoms with Gasteiger partial charge in [0.1, 0.15) is 11.5 Å². The van der Waals surface area contributed by atoms with Gasteiger partial charge in [0.15, 0.2) is 0 Å². The number of benzene rings is 1. The van der Waals surface area contributed by atoms with Crippen molar-refractivity contribution < 1.29 is 24.2 Å². The number of carbonyl (C=O) groups is 2. The summed E-state index contributed by atoms with van der Waals surface area (Å²) in [6.45, 7) is 7.41. The Bertz CT molecular complexity index is 1000. The fraction of sp³-hybridized carbons (Fsp3) is 0.400. The fourth-order valence-corrected chi connectivity index (χ4v) is 3.75. The summed E-state index contributed by atoms with van der Waals surface area (Å²) < 4.78 is 10.9. The van der Waals surface area contributed by atoms with E-state index < -0.39 is 17.7 Å². The number of amides is 1. The van der Waals surface area contributed by atoms with Crippen molar-refractivity contribution in [1.29, 1.82) is 0 Å². The molecule has 2 aromatic rings. The highest BCUT2D eigenvalue weighted by Gasteiger charge is 2.45. The normalized spacial score (nSPS) is 17.9. The van der Waals surface area contributed by atoms with Gasteiger partial charge in [0.2, 0.25) is 0 Å². The van der Waals surface area contributed by atoms with Gasteiger partial charge in [0.25, 0.3) is 11.7 Å². The van der Waals surface area contributed by atoms with Crippen LogP contribution in [0.25, 0.3) is 5.76 Å². The molecule has 1 amide bonds. The summed E-state index contributed by atoms with van der Waals surface area (Å²) in [5.74, 6) is -0.409. The number of Topliss-reactive ketones (excluding diaryl/α,β-unsaturated/α-hetero) is 1. The van der Waals surface area contributed by atoms with Gasteiger partial charge in [-0.15, -0.1) is 0 Å². The van der Waals surface area contributed by atoms with Crippen molar-refractivity contribution in [3.63, 3.8) is 0 Å². The van der Waals surface area contributed by atoms with E-state index in [1.54, 1.807) is 49.8 Å². The third-order valence-electron chi connectivity index (χ3n) is 5.33. The lowest BCUT2D eigenvalue weighted by Crippen LogP contribution is -2.31. The van der Waals surface area contributed by atoms with Crippen LogP contribution >= 0.6 is 0 Å². The molecule has 7 heteroatoms. The Labute approximate surface area is 188 Å². The number of likely N-dealkylation sites (tertiary alicyclic amines) is 1. The van der Waals surface area contributed by atoms with E-state index >= 15 is 0 Å². The van der Waals surface area contributed by atoms with Crippen LogP contribution in [0.2, 0.25) is 0 Å². The fourth-order valence-electron chi connectivity index (χ4n) is 3.75. The lowest BCUT2D eigenvalue weighted by atomic mass is 9.95. The Balaban J connectivity index is 2.03. The van der Waals surface area contributed by atoms with E-state index in [0.717, 1.165) is 11.3 Å². The van der Waals surface area contributed by atoms with Gasteiger partial charge < -0.3 is 19.5 Å². The summed E-state index contributed by atoms with van der Waals surface area (Å²) >= 11 is 0. The standard InChI is InChI=1S/C25H30N2O5/c1-16(2)15-32-20-7-6-19(14-17(20)3)23(28)21-22(18-8-10-26-11-9-18)27(12-5-13-31-4)25(30)24(21)29/h6-11,14,16,22,28H,5,12-13,15H2,1-4H3/t22-/m0/s1. The Morgan fingerprint density at radius 1 is 1.19 bits per heavy atom. The molecule has 32 heavy (non-hydrogen) atoms. The zero-order chi connectivity index (χ0) is 23.3. The van der Waals surface area contributed by atoms with Crippen LogP contribution in [-0.4, -0.2) is 53.5 Å². The van der Waals surface area contributed by atoms with Gasteiger partial charge in [0, 0.05) is 38.2 Å². The van der Waals surface area contributed by atoms with Crippen molar-refractivity contribution in [3.05, 3.63) is 65.0 Å². The van der Waals surface area contributed by atoms with E-state index in [9.17, 15) is 14.7 Å². The second kappa shape index (κ2) is 10.4. The molecule has 0 spiro atoms. The molecule has 1 aliphatic heterocycles. The van der Waals surface area contributed by atoms with Crippen molar-refractivity contribution in [2.75, 3.05) is 26.9 Å². The molecule has 1 aliphatic rings. The van der Waals surface area contributed by atoms with Gasteiger partial charge in [-0.1, -0.05) is 13.8 Å². The Kier molecular flexibility index (Phi) is 7.64. The number of ketones is 1. The molecule has 0 radical (unpaired) electrons. The molecule has 3 rings (SSSR count). The minimum Gasteiger partial charge on any atom is -0.507 e. The number of aromatic nitrogens is 1. The number of carbonyl (C=O) groups excluding carboxylic acids is 2. The molecule has 0 unspecified atom stereocenters. The van der Waals surface area contributed by atoms with Gasteiger partial charge in [0.05, 0.1) is 18.2 Å². The molecule has 1 aromatic carbocycles. The van der Waals surface area contributed by atoms with E-state index in [0.29, 0.717) is 43.2 Å². The zero-order valence-electron chi connectivity index (χ0n) is 19.0. The minimum atomic E-state index is -0.695. The van der Waals surface area contributed by atoms with E-state index in [2.05, 4.69) is 18.8 Å². The first kappa shape index (κ1) is 23.5. The Morgan fingerprint density at radius 2 is 1.91 bits per heavy atom. The quantitative estimate of drug-likeness (QED) is 0.277. The third-order valence-corrected chi connectivity index (χ3v) is 5.33. The number of hydrogen-bond donors (Lipinski definition) is 1. The summed E-state index contributed by atoms with van der Waals surface area (Å²) in [6.07, 6.45) is 3.79. The highest BCUT2D eigenvalue weighted by Crippen LogP contribution is 2.39. The molecule has 0 aliphatic carbocycles. The molecule has 1 N–H and O–H groups in total. The SMILES string of the molecule is COCCCN1C(=O)C(=O)C(=C(O)c2ccc(OCC(C)C)c(C)c2)[C@@H]1c1ccncc1. The number of hydrogen-bond acceptors (Lipinski definition) is 6. The molecular formula is C25H30N2O5. The van der Waals surface area contributed by atoms with Crippen LogP contribution < -0.4 is 4.74 Å². The smallest absolute Gasteiger partial charge is 0.295 e. The maximum absolute atomic E-state index is 13.0. The van der Waals surface area contributed by atoms with Gasteiger partial charge in [-0.3, -0.25) is 14.6 Å². The second-order valence-corrected chi connectivity index (χ2v) is 8.30. The van der Waals surface area contributed by atoms with Crippen LogP contribution in [0.1, 0.15) is 43.0 Å². The van der Waals surface area contributed by atoms with E-state index in [1.165, 1.54) is 4.90 Å². The first-order valence-corrected chi connectivity index (χ1v) is 10.8. The maximum Gasteiger partial charge on any atom is 0.295 e. The van der Waals surface area contributed by atoms with Crippen molar-refractivity contribution in [3.8, 4) is 5.75 Å². The zero-order valence-corrected chi connectivity index (χ0v) is 19.0. The highest BCUT2D eigenvalue weighted by atomic mass is 16.5. The Hall–Kier alpha value is -3.19. The van der Waals surface area contributed by atoms with Crippen LogP contribution in [0.4, 0.5) is 0 Å². The minimum absolute atomic E-state index is 0.0777. The van der Waals surface area contributed by atoms with Crippen molar-refractivity contribution in [1.82, 2.24) is 9.88 Å². The lowest BCUT2D eigenvalue weighted by Gasteiger charge is -2.25. The van der Waals surface area contributed by atoms with Crippen LogP contribution in [0.3, 0.4) is 0 Å². The molecule has 1 atom stereocenters. The average Bonchev–Trinajstić information content (AvgIpc) is 3.03. The van der Waals surface area contributed by atoms with Gasteiger partial charge in [-0.25, -0.2) is 0 Å². The molecule has 0 saturated carbocycles. The van der Waals surface area contributed by atoms with Crippen LogP contribution in [0, 0.1) is 12.8 Å². The summed E-state index contributed by atoms with van der Waals surface area (Å²) in [4.78, 5) is 31.4. The lowest BCUT2D eigenvalue weighted by molar-refractivity contribution is -0.140. The van der Waals surface area contributed by atoms with E-state index in [4.69, 9.17) is 9.47 Å². The van der Waals surface area contributed by atoms with Crippen LogP contribution in [-0.2, 0) is 14.3 Å². The topological polar surface area (TPSA) is 89.0 Å². The number of aliphatic hydroxyl groups excluding tert-OH is 1. The van der Waals surface area contributed by atoms with Gasteiger partial charge in [-0.2, -0.15) is 0 Å². The number of methoxy groups -OCH3 is 1. The molecule has 1 fully saturated rings. The van der Waals surface area contributed by atoms with Crippen molar-refractivity contribution in [2.45, 2.75) is 33.2 Å². The summed E-state index contributed by atoms with van der Waals surface area (Å²) in [5, 5.41) is 11.2. The van der Waals surface area contributed by atoms with E-state index in [1.807, 2.05) is 6.92 Å². The number of ether oxygens (including phenoxy) is 2. The first-order chi connectivity index (χ1) is 15.3. The summed E-state index contributed by atoms with van der Waals surface area (Å²) in [5.41, 5.74) is 2.10. The van der Waals surface area contributed by atoms with Crippen LogP contribution in [0.15, 0.2) is 48.3 Å². The van der Waals surface area contributed by atoms with Crippen molar-refractivity contribution >= 4 is 17.4 Å². The Morgan fingerprint density at radius 3 is 2.53 bits per heavy atom. The largest absolute Gasteiger partial charge is 0.507 e. The van der Waals surface area contributed by atoms with E-state index in [-0.39, 0.29) is 11.3 Å². The first-order valence-electron chi connectivity index (χ1n) is 10.8. The monoisotopic (exact) mass is 438 g/mol. The molecule has 1 saturated heterocycles. The third kappa shape index (κ3) is 4.99. The number of nitrogens with zero attached hydrogens (tertiary/aromatic N) is 2. The average molecular weight is 439 g/mol. The number of aryl methyl sites for hydroxylation is 1. The van der Waals surface area contributed by atoms with Gasteiger partial charge >= 0.3 is 0 Å². The van der Waals surface area contributed by atoms with Gasteiger partial charge in [-0.05, 0) is 60.7 Å². The predicted octanol–water partition coefficient (Wildman–Crippen LogP) is 3.88. The van der Waals surface area contributed by atoms with Crippen LogP contribution in [0.5, 0.6) is 5.75 Å². The molecule has 7 nitrogen and oxygen atoms in total.